The molecule has 1 fully saturated rings. The summed E-state index contributed by atoms with van der Waals surface area (Å²) < 4.78 is 6.38. The number of carbonyl (C=O) groups is 2. The van der Waals surface area contributed by atoms with Crippen LogP contribution in [0.5, 0.6) is 5.75 Å². The Balaban J connectivity index is 1.23. The highest BCUT2D eigenvalue weighted by molar-refractivity contribution is 5.88. The van der Waals surface area contributed by atoms with Gasteiger partial charge in [-0.05, 0) is 66.0 Å². The Morgan fingerprint density at radius 3 is 2.59 bits per heavy atom. The van der Waals surface area contributed by atoms with Crippen LogP contribution < -0.4 is 15.4 Å². The molecule has 2 aliphatic rings. The molecule has 192 valence electrons. The topological polar surface area (TPSA) is 93.2 Å². The van der Waals surface area contributed by atoms with E-state index in [9.17, 15) is 9.59 Å². The van der Waals surface area contributed by atoms with Crippen LogP contribution in [0.1, 0.15) is 61.3 Å². The number of aromatic nitrogens is 2. The molecule has 2 N–H and O–H groups in total. The molecule has 0 saturated heterocycles. The van der Waals surface area contributed by atoms with Crippen molar-refractivity contribution in [3.63, 3.8) is 0 Å². The molecule has 37 heavy (non-hydrogen) atoms. The van der Waals surface area contributed by atoms with Gasteiger partial charge in [-0.15, -0.1) is 0 Å². The smallest absolute Gasteiger partial charge is 0.242 e. The molecule has 1 saturated carbocycles. The Bertz CT molecular complexity index is 1240. The SMILES string of the molecule is CNC(=O)[C@H](NC(=O)Cc1cccc(O[C@H]2CCc3cc(-c4cncnc4)ccc32)c1)C1CCCCC1. The van der Waals surface area contributed by atoms with Gasteiger partial charge < -0.3 is 15.4 Å². The highest BCUT2D eigenvalue weighted by Gasteiger charge is 2.30. The summed E-state index contributed by atoms with van der Waals surface area (Å²) in [4.78, 5) is 33.7. The molecular weight excluding hydrogens is 464 g/mol. The van der Waals surface area contributed by atoms with Crippen molar-refractivity contribution in [3.8, 4) is 16.9 Å². The van der Waals surface area contributed by atoms with E-state index in [-0.39, 0.29) is 30.3 Å². The maximum Gasteiger partial charge on any atom is 0.242 e. The first-order valence-electron chi connectivity index (χ1n) is 13.3. The van der Waals surface area contributed by atoms with Crippen molar-refractivity contribution in [2.75, 3.05) is 7.05 Å². The minimum absolute atomic E-state index is 0.0240. The van der Waals surface area contributed by atoms with Crippen molar-refractivity contribution < 1.29 is 14.3 Å². The molecule has 0 spiro atoms. The first-order chi connectivity index (χ1) is 18.1. The Morgan fingerprint density at radius 1 is 1.00 bits per heavy atom. The number of likely N-dealkylation sites (N-methyl/N-ethyl adjacent to an activating group) is 1. The summed E-state index contributed by atoms with van der Waals surface area (Å²) in [5.74, 6) is 0.698. The summed E-state index contributed by atoms with van der Waals surface area (Å²) in [6.45, 7) is 0. The molecule has 3 aromatic rings. The zero-order valence-corrected chi connectivity index (χ0v) is 21.3. The van der Waals surface area contributed by atoms with Crippen molar-refractivity contribution in [1.82, 2.24) is 20.6 Å². The van der Waals surface area contributed by atoms with E-state index in [1.807, 2.05) is 36.7 Å². The second kappa shape index (κ2) is 11.5. The fraction of sp³-hybridized carbons (Fsp3) is 0.400. The molecule has 0 aliphatic heterocycles. The minimum Gasteiger partial charge on any atom is -0.486 e. The summed E-state index contributed by atoms with van der Waals surface area (Å²) in [5.41, 5.74) is 5.46. The molecule has 2 aliphatic carbocycles. The van der Waals surface area contributed by atoms with Crippen molar-refractivity contribution in [2.24, 2.45) is 5.92 Å². The maximum atomic E-state index is 12.9. The second-order valence-electron chi connectivity index (χ2n) is 10.1. The van der Waals surface area contributed by atoms with Gasteiger partial charge in [0.05, 0.1) is 6.42 Å². The number of hydrogen-bond acceptors (Lipinski definition) is 5. The van der Waals surface area contributed by atoms with E-state index >= 15 is 0 Å². The molecule has 5 rings (SSSR count). The Hall–Kier alpha value is -3.74. The normalized spacial score (nSPS) is 18.0. The van der Waals surface area contributed by atoms with Crippen molar-refractivity contribution in [3.05, 3.63) is 77.9 Å². The highest BCUT2D eigenvalue weighted by Crippen LogP contribution is 2.37. The molecule has 1 aromatic heterocycles. The molecule has 2 aromatic carbocycles. The van der Waals surface area contributed by atoms with Crippen LogP contribution in [0.15, 0.2) is 61.2 Å². The fourth-order valence-electron chi connectivity index (χ4n) is 5.65. The monoisotopic (exact) mass is 498 g/mol. The first-order valence-corrected chi connectivity index (χ1v) is 13.3. The van der Waals surface area contributed by atoms with Crippen LogP contribution in [0.25, 0.3) is 11.1 Å². The van der Waals surface area contributed by atoms with Crippen molar-refractivity contribution in [1.29, 1.82) is 0 Å². The third kappa shape index (κ3) is 5.98. The second-order valence-corrected chi connectivity index (χ2v) is 10.1. The number of nitrogens with one attached hydrogen (secondary N) is 2. The van der Waals surface area contributed by atoms with Gasteiger partial charge in [0.15, 0.2) is 0 Å². The van der Waals surface area contributed by atoms with Gasteiger partial charge in [0.2, 0.25) is 11.8 Å². The van der Waals surface area contributed by atoms with Gasteiger partial charge in [0.25, 0.3) is 0 Å². The van der Waals surface area contributed by atoms with Crippen LogP contribution in [-0.4, -0.2) is 34.9 Å². The first kappa shape index (κ1) is 24.9. The maximum absolute atomic E-state index is 12.9. The number of rotatable bonds is 8. The molecule has 2 atom stereocenters. The number of ether oxygens (including phenoxy) is 1. The number of amides is 2. The van der Waals surface area contributed by atoms with Crippen LogP contribution in [0.2, 0.25) is 0 Å². The standard InChI is InChI=1S/C30H34N4O3/c1-31-30(36)29(21-7-3-2-4-8-21)34-28(35)15-20-6-5-9-25(14-20)37-27-13-11-23-16-22(10-12-26(23)27)24-17-32-19-33-18-24/h5-6,9-10,12,14,16-19,21,27,29H,2-4,7-8,11,13,15H2,1H3,(H,31,36)(H,34,35)/t27-,29+/m0/s1. The quantitative estimate of drug-likeness (QED) is 0.475. The van der Waals surface area contributed by atoms with Gasteiger partial charge in [0, 0.05) is 25.0 Å². The predicted molar refractivity (Wildman–Crippen MR) is 142 cm³/mol. The number of hydrogen-bond donors (Lipinski definition) is 2. The van der Waals surface area contributed by atoms with E-state index in [0.717, 1.165) is 61.0 Å². The Labute approximate surface area is 218 Å². The van der Waals surface area contributed by atoms with E-state index in [1.165, 1.54) is 23.9 Å². The lowest BCUT2D eigenvalue weighted by Gasteiger charge is -2.29. The van der Waals surface area contributed by atoms with E-state index < -0.39 is 6.04 Å². The molecule has 1 heterocycles. The van der Waals surface area contributed by atoms with Gasteiger partial charge in [-0.1, -0.05) is 49.6 Å². The van der Waals surface area contributed by atoms with Crippen LogP contribution in [0, 0.1) is 5.92 Å². The lowest BCUT2D eigenvalue weighted by Crippen LogP contribution is -2.51. The number of nitrogens with zero attached hydrogens (tertiary/aromatic N) is 2. The third-order valence-corrected chi connectivity index (χ3v) is 7.57. The van der Waals surface area contributed by atoms with Gasteiger partial charge in [-0.25, -0.2) is 9.97 Å². The number of aryl methyl sites for hydroxylation is 1. The lowest BCUT2D eigenvalue weighted by atomic mass is 9.83. The van der Waals surface area contributed by atoms with Crippen molar-refractivity contribution >= 4 is 11.8 Å². The summed E-state index contributed by atoms with van der Waals surface area (Å²) >= 11 is 0. The molecule has 0 radical (unpaired) electrons. The molecule has 0 unspecified atom stereocenters. The largest absolute Gasteiger partial charge is 0.486 e. The Morgan fingerprint density at radius 2 is 1.81 bits per heavy atom. The fourth-order valence-corrected chi connectivity index (χ4v) is 5.65. The molecule has 7 nitrogen and oxygen atoms in total. The summed E-state index contributed by atoms with van der Waals surface area (Å²) in [7, 11) is 1.63. The lowest BCUT2D eigenvalue weighted by molar-refractivity contribution is -0.130. The van der Waals surface area contributed by atoms with E-state index in [0.29, 0.717) is 0 Å². The molecule has 7 heteroatoms. The summed E-state index contributed by atoms with van der Waals surface area (Å²) in [5, 5.41) is 5.73. The van der Waals surface area contributed by atoms with E-state index in [2.05, 4.69) is 38.8 Å². The number of carbonyl (C=O) groups excluding carboxylic acids is 2. The van der Waals surface area contributed by atoms with Crippen LogP contribution in [-0.2, 0) is 22.4 Å². The average Bonchev–Trinajstić information content (AvgIpc) is 3.34. The minimum atomic E-state index is -0.473. The third-order valence-electron chi connectivity index (χ3n) is 7.57. The number of benzene rings is 2. The van der Waals surface area contributed by atoms with Gasteiger partial charge in [-0.2, -0.15) is 0 Å². The molecule has 0 bridgehead atoms. The summed E-state index contributed by atoms with van der Waals surface area (Å²) in [6, 6.07) is 13.7. The molecular formula is C30H34N4O3. The van der Waals surface area contributed by atoms with E-state index in [1.54, 1.807) is 7.05 Å². The number of fused-ring (bicyclic) bond motifs is 1. The van der Waals surface area contributed by atoms with Gasteiger partial charge in [0.1, 0.15) is 24.2 Å². The molecule has 2 amide bonds. The zero-order chi connectivity index (χ0) is 25.6. The Kier molecular flexibility index (Phi) is 7.78. The predicted octanol–water partition coefficient (Wildman–Crippen LogP) is 4.56. The van der Waals surface area contributed by atoms with Crippen LogP contribution in [0.3, 0.4) is 0 Å². The van der Waals surface area contributed by atoms with E-state index in [4.69, 9.17) is 4.74 Å². The average molecular weight is 499 g/mol. The summed E-state index contributed by atoms with van der Waals surface area (Å²) in [6.07, 6.45) is 12.6. The van der Waals surface area contributed by atoms with Crippen LogP contribution in [0.4, 0.5) is 0 Å². The van der Waals surface area contributed by atoms with Gasteiger partial charge in [-0.3, -0.25) is 9.59 Å². The van der Waals surface area contributed by atoms with Gasteiger partial charge >= 0.3 is 0 Å². The van der Waals surface area contributed by atoms with Crippen molar-refractivity contribution in [2.45, 2.75) is 63.5 Å². The highest BCUT2D eigenvalue weighted by atomic mass is 16.5. The van der Waals surface area contributed by atoms with Crippen LogP contribution >= 0.6 is 0 Å². The zero-order valence-electron chi connectivity index (χ0n) is 21.3.